The summed E-state index contributed by atoms with van der Waals surface area (Å²) in [5.41, 5.74) is -0.990. The third-order valence-electron chi connectivity index (χ3n) is 2.46. The molecule has 1 unspecified atom stereocenters. The number of thiazole rings is 1. The van der Waals surface area contributed by atoms with Crippen molar-refractivity contribution < 1.29 is 27.8 Å². The SMILES string of the molecule is O=C(O)N1CCC(Oc2nc(C(F)(F)F)cs2)C1. The monoisotopic (exact) mass is 282 g/mol. The summed E-state index contributed by atoms with van der Waals surface area (Å²) in [5.74, 6) is 0. The first-order valence-corrected chi connectivity index (χ1v) is 5.91. The molecule has 18 heavy (non-hydrogen) atoms. The van der Waals surface area contributed by atoms with Crippen LogP contribution in [0.2, 0.25) is 0 Å². The summed E-state index contributed by atoms with van der Waals surface area (Å²) < 4.78 is 42.1. The minimum Gasteiger partial charge on any atom is -0.465 e. The molecule has 2 heterocycles. The molecule has 9 heteroatoms. The van der Waals surface area contributed by atoms with Crippen LogP contribution in [0.15, 0.2) is 5.38 Å². The highest BCUT2D eigenvalue weighted by Gasteiger charge is 2.35. The third-order valence-corrected chi connectivity index (χ3v) is 3.19. The van der Waals surface area contributed by atoms with Gasteiger partial charge in [0.15, 0.2) is 5.69 Å². The molecule has 0 aromatic carbocycles. The van der Waals surface area contributed by atoms with Gasteiger partial charge in [-0.2, -0.15) is 18.2 Å². The number of alkyl halides is 3. The van der Waals surface area contributed by atoms with Crippen LogP contribution in [0, 0.1) is 0 Å². The molecule has 1 amide bonds. The van der Waals surface area contributed by atoms with Crippen molar-refractivity contribution in [1.29, 1.82) is 0 Å². The predicted molar refractivity (Wildman–Crippen MR) is 55.7 cm³/mol. The first-order valence-electron chi connectivity index (χ1n) is 5.03. The molecular weight excluding hydrogens is 273 g/mol. The van der Waals surface area contributed by atoms with Crippen LogP contribution in [0.3, 0.4) is 0 Å². The van der Waals surface area contributed by atoms with E-state index in [1.807, 2.05) is 0 Å². The van der Waals surface area contributed by atoms with Crippen LogP contribution in [-0.2, 0) is 6.18 Å². The second-order valence-electron chi connectivity index (χ2n) is 3.75. The lowest BCUT2D eigenvalue weighted by atomic mass is 10.3. The number of amides is 1. The summed E-state index contributed by atoms with van der Waals surface area (Å²) in [6.45, 7) is 0.466. The topological polar surface area (TPSA) is 62.7 Å². The van der Waals surface area contributed by atoms with Gasteiger partial charge in [0.1, 0.15) is 6.10 Å². The number of likely N-dealkylation sites (tertiary alicyclic amines) is 1. The van der Waals surface area contributed by atoms with Crippen LogP contribution in [0.1, 0.15) is 12.1 Å². The Morgan fingerprint density at radius 1 is 1.61 bits per heavy atom. The number of aromatic nitrogens is 1. The first-order chi connectivity index (χ1) is 8.36. The Bertz CT molecular complexity index is 449. The van der Waals surface area contributed by atoms with E-state index in [0.29, 0.717) is 13.0 Å². The Labute approximate surface area is 104 Å². The van der Waals surface area contributed by atoms with Crippen LogP contribution in [0.25, 0.3) is 0 Å². The zero-order valence-corrected chi connectivity index (χ0v) is 9.79. The fraction of sp³-hybridized carbons (Fsp3) is 0.556. The maximum atomic E-state index is 12.3. The van der Waals surface area contributed by atoms with Crippen LogP contribution in [-0.4, -0.2) is 40.3 Å². The number of carbonyl (C=O) groups is 1. The number of ether oxygens (including phenoxy) is 1. The van der Waals surface area contributed by atoms with E-state index in [4.69, 9.17) is 9.84 Å². The van der Waals surface area contributed by atoms with Crippen molar-refractivity contribution in [3.63, 3.8) is 0 Å². The molecule has 1 aliphatic rings. The van der Waals surface area contributed by atoms with E-state index in [0.717, 1.165) is 21.6 Å². The van der Waals surface area contributed by atoms with Gasteiger partial charge in [-0.25, -0.2) is 4.79 Å². The predicted octanol–water partition coefficient (Wildman–Crippen LogP) is 2.29. The summed E-state index contributed by atoms with van der Waals surface area (Å²) in [6.07, 6.45) is -5.53. The largest absolute Gasteiger partial charge is 0.465 e. The Hall–Kier alpha value is -1.51. The van der Waals surface area contributed by atoms with Crippen molar-refractivity contribution in [3.8, 4) is 5.19 Å². The second kappa shape index (κ2) is 4.63. The Balaban J connectivity index is 1.95. The van der Waals surface area contributed by atoms with Gasteiger partial charge in [-0.05, 0) is 0 Å². The average molecular weight is 282 g/mol. The minimum absolute atomic E-state index is 0.0837. The highest BCUT2D eigenvalue weighted by molar-refractivity contribution is 7.11. The number of halogens is 3. The molecule has 1 saturated heterocycles. The zero-order valence-electron chi connectivity index (χ0n) is 8.98. The van der Waals surface area contributed by atoms with Crippen LogP contribution in [0.4, 0.5) is 18.0 Å². The molecule has 1 aliphatic heterocycles. The lowest BCUT2D eigenvalue weighted by Crippen LogP contribution is -2.29. The van der Waals surface area contributed by atoms with Crippen molar-refractivity contribution in [1.82, 2.24) is 9.88 Å². The van der Waals surface area contributed by atoms with Gasteiger partial charge >= 0.3 is 12.3 Å². The number of nitrogens with zero attached hydrogens (tertiary/aromatic N) is 2. The second-order valence-corrected chi connectivity index (χ2v) is 4.57. The smallest absolute Gasteiger partial charge is 0.434 e. The van der Waals surface area contributed by atoms with Gasteiger partial charge < -0.3 is 14.7 Å². The fourth-order valence-electron chi connectivity index (χ4n) is 1.58. The molecule has 1 N–H and O–H groups in total. The van der Waals surface area contributed by atoms with E-state index in [2.05, 4.69) is 4.98 Å². The normalized spacial score (nSPS) is 20.2. The number of hydrogen-bond donors (Lipinski definition) is 1. The highest BCUT2D eigenvalue weighted by Crippen LogP contribution is 2.33. The van der Waals surface area contributed by atoms with Crippen molar-refractivity contribution in [2.75, 3.05) is 13.1 Å². The fourth-order valence-corrected chi connectivity index (χ4v) is 2.32. The molecule has 0 aliphatic carbocycles. The van der Waals surface area contributed by atoms with Gasteiger partial charge in [0, 0.05) is 18.3 Å². The molecule has 0 bridgehead atoms. The minimum atomic E-state index is -4.49. The van der Waals surface area contributed by atoms with Crippen molar-refractivity contribution in [2.45, 2.75) is 18.7 Å². The standard InChI is InChI=1S/C9H9F3N2O3S/c10-9(11,12)6-4-18-7(13-6)17-5-1-2-14(3-5)8(15)16/h4-5H,1-3H2,(H,15,16). The molecule has 1 aromatic rings. The molecule has 5 nitrogen and oxygen atoms in total. The molecule has 0 saturated carbocycles. The van der Waals surface area contributed by atoms with Crippen LogP contribution < -0.4 is 4.74 Å². The lowest BCUT2D eigenvalue weighted by Gasteiger charge is -2.12. The molecule has 2 rings (SSSR count). The van der Waals surface area contributed by atoms with Gasteiger partial charge in [0.2, 0.25) is 0 Å². The quantitative estimate of drug-likeness (QED) is 0.904. The molecular formula is C9H9F3N2O3S. The third kappa shape index (κ3) is 2.84. The molecule has 0 spiro atoms. The Morgan fingerprint density at radius 2 is 2.33 bits per heavy atom. The summed E-state index contributed by atoms with van der Waals surface area (Å²) in [6, 6.07) is 0. The Morgan fingerprint density at radius 3 is 2.83 bits per heavy atom. The zero-order chi connectivity index (χ0) is 13.3. The molecule has 0 radical (unpaired) electrons. The summed E-state index contributed by atoms with van der Waals surface area (Å²) in [5, 5.41) is 9.51. The van der Waals surface area contributed by atoms with Gasteiger partial charge in [0.05, 0.1) is 6.54 Å². The van der Waals surface area contributed by atoms with Gasteiger partial charge in [-0.15, -0.1) is 0 Å². The van der Waals surface area contributed by atoms with E-state index in [9.17, 15) is 18.0 Å². The van der Waals surface area contributed by atoms with Crippen molar-refractivity contribution in [3.05, 3.63) is 11.1 Å². The summed E-state index contributed by atoms with van der Waals surface area (Å²) in [7, 11) is 0. The van der Waals surface area contributed by atoms with Crippen LogP contribution in [0.5, 0.6) is 5.19 Å². The highest BCUT2D eigenvalue weighted by atomic mass is 32.1. The van der Waals surface area contributed by atoms with Crippen LogP contribution >= 0.6 is 11.3 Å². The van der Waals surface area contributed by atoms with E-state index in [1.165, 1.54) is 0 Å². The number of hydrogen-bond acceptors (Lipinski definition) is 4. The molecule has 100 valence electrons. The lowest BCUT2D eigenvalue weighted by molar-refractivity contribution is -0.140. The van der Waals surface area contributed by atoms with Gasteiger partial charge in [0.25, 0.3) is 5.19 Å². The number of carboxylic acid groups (broad SMARTS) is 1. The summed E-state index contributed by atoms with van der Waals surface area (Å²) in [4.78, 5) is 15.1. The van der Waals surface area contributed by atoms with Gasteiger partial charge in [-0.1, -0.05) is 11.3 Å². The van der Waals surface area contributed by atoms with Crippen molar-refractivity contribution >= 4 is 17.4 Å². The van der Waals surface area contributed by atoms with Gasteiger partial charge in [-0.3, -0.25) is 0 Å². The van der Waals surface area contributed by atoms with Crippen molar-refractivity contribution in [2.24, 2.45) is 0 Å². The van der Waals surface area contributed by atoms with E-state index in [-0.39, 0.29) is 11.7 Å². The summed E-state index contributed by atoms with van der Waals surface area (Å²) >= 11 is 0.754. The maximum absolute atomic E-state index is 12.3. The van der Waals surface area contributed by atoms with E-state index >= 15 is 0 Å². The first kappa shape index (κ1) is 12.9. The molecule has 1 atom stereocenters. The molecule has 1 fully saturated rings. The van der Waals surface area contributed by atoms with E-state index < -0.39 is 24.1 Å². The maximum Gasteiger partial charge on any atom is 0.434 e. The average Bonchev–Trinajstić information content (AvgIpc) is 2.85. The Kier molecular flexibility index (Phi) is 3.33. The number of rotatable bonds is 2. The van der Waals surface area contributed by atoms with E-state index in [1.54, 1.807) is 0 Å². The molecule has 1 aromatic heterocycles.